The van der Waals surface area contributed by atoms with Gasteiger partial charge in [0.05, 0.1) is 5.69 Å². The number of rotatable bonds is 22. The van der Waals surface area contributed by atoms with Crippen molar-refractivity contribution in [2.45, 2.75) is 101 Å². The van der Waals surface area contributed by atoms with Gasteiger partial charge in [-0.2, -0.15) is 8.42 Å². The van der Waals surface area contributed by atoms with Gasteiger partial charge in [0.15, 0.2) is 0 Å². The number of ether oxygens (including phenoxy) is 1. The van der Waals surface area contributed by atoms with E-state index in [0.29, 0.717) is 24.5 Å². The summed E-state index contributed by atoms with van der Waals surface area (Å²) in [5.74, 6) is 0.198. The van der Waals surface area contributed by atoms with Gasteiger partial charge < -0.3 is 15.2 Å². The predicted octanol–water partition coefficient (Wildman–Crippen LogP) is 7.55. The second-order valence-electron chi connectivity index (χ2n) is 10.9. The van der Waals surface area contributed by atoms with E-state index in [1.807, 2.05) is 0 Å². The van der Waals surface area contributed by atoms with Crippen LogP contribution in [0.2, 0.25) is 0 Å². The zero-order chi connectivity index (χ0) is 30.9. The Labute approximate surface area is 254 Å². The standard InChI is InChI=1S/C32H45N3O7S/c36-31-25-30(33-23-17-12-10-8-6-4-2-1-3-5-7-9-11-16-20-32(37)38)34-35(31)26-21-22-28(29(24-26)43(39,40)41)42-27-18-14-13-15-19-27/h13-15,18-19,21-22,24-25,33-34H,1-12,16-17,20,23H2,(H,37,38)(H,39,40,41). The maximum atomic E-state index is 12.6. The maximum absolute atomic E-state index is 12.6. The molecule has 0 amide bonds. The number of nitrogens with one attached hydrogen (secondary N) is 2. The highest BCUT2D eigenvalue weighted by molar-refractivity contribution is 7.86. The van der Waals surface area contributed by atoms with Crippen LogP contribution in [0.3, 0.4) is 0 Å². The molecule has 0 spiro atoms. The maximum Gasteiger partial charge on any atom is 0.303 e. The third kappa shape index (κ3) is 12.7. The fraction of sp³-hybridized carbons (Fsp3) is 0.500. The molecule has 1 aromatic heterocycles. The molecule has 3 rings (SSSR count). The number of hydrogen-bond acceptors (Lipinski definition) is 6. The van der Waals surface area contributed by atoms with Crippen LogP contribution in [-0.2, 0) is 14.9 Å². The van der Waals surface area contributed by atoms with Crippen LogP contribution in [0.5, 0.6) is 11.5 Å². The topological polar surface area (TPSA) is 151 Å². The zero-order valence-electron chi connectivity index (χ0n) is 24.8. The zero-order valence-corrected chi connectivity index (χ0v) is 25.6. The summed E-state index contributed by atoms with van der Waals surface area (Å²) in [5, 5.41) is 14.8. The van der Waals surface area contributed by atoms with Gasteiger partial charge in [0, 0.05) is 19.0 Å². The summed E-state index contributed by atoms with van der Waals surface area (Å²) in [6.45, 7) is 0.705. The average Bonchev–Trinajstić information content (AvgIpc) is 3.34. The van der Waals surface area contributed by atoms with E-state index in [1.54, 1.807) is 36.4 Å². The Bertz CT molecular complexity index is 1420. The third-order valence-corrected chi connectivity index (χ3v) is 8.16. The Morgan fingerprint density at radius 3 is 1.91 bits per heavy atom. The number of anilines is 1. The number of aromatic amines is 1. The minimum atomic E-state index is -4.61. The number of carbonyl (C=O) groups is 1. The molecule has 0 bridgehead atoms. The van der Waals surface area contributed by atoms with Crippen molar-refractivity contribution in [1.29, 1.82) is 0 Å². The second-order valence-corrected chi connectivity index (χ2v) is 12.3. The van der Waals surface area contributed by atoms with Crippen LogP contribution in [0.25, 0.3) is 5.69 Å². The summed E-state index contributed by atoms with van der Waals surface area (Å²) in [6, 6.07) is 14.2. The lowest BCUT2D eigenvalue weighted by Gasteiger charge is -2.11. The number of aromatic nitrogens is 2. The molecule has 10 nitrogen and oxygen atoms in total. The first-order chi connectivity index (χ1) is 20.7. The van der Waals surface area contributed by atoms with Gasteiger partial charge in [-0.15, -0.1) is 0 Å². The number of carboxylic acid groups (broad SMARTS) is 1. The average molecular weight is 616 g/mol. The highest BCUT2D eigenvalue weighted by Gasteiger charge is 2.20. The van der Waals surface area contributed by atoms with Gasteiger partial charge in [-0.05, 0) is 43.2 Å². The first kappa shape index (κ1) is 33.9. The number of nitrogens with zero attached hydrogens (tertiary/aromatic N) is 1. The fourth-order valence-electron chi connectivity index (χ4n) is 4.96. The summed E-state index contributed by atoms with van der Waals surface area (Å²) in [5.41, 5.74) is -0.115. The van der Waals surface area contributed by atoms with E-state index in [4.69, 9.17) is 9.84 Å². The van der Waals surface area contributed by atoms with Gasteiger partial charge in [0.2, 0.25) is 0 Å². The van der Waals surface area contributed by atoms with E-state index in [-0.39, 0.29) is 17.0 Å². The molecule has 0 aliphatic heterocycles. The Hall–Kier alpha value is -3.57. The molecular weight excluding hydrogens is 570 g/mol. The van der Waals surface area contributed by atoms with Crippen molar-refractivity contribution in [3.8, 4) is 17.2 Å². The monoisotopic (exact) mass is 615 g/mol. The minimum absolute atomic E-state index is 0.0475. The normalized spacial score (nSPS) is 11.5. The molecule has 0 atom stereocenters. The lowest BCUT2D eigenvalue weighted by atomic mass is 10.0. The van der Waals surface area contributed by atoms with Crippen molar-refractivity contribution in [3.05, 3.63) is 65.0 Å². The van der Waals surface area contributed by atoms with Gasteiger partial charge in [-0.1, -0.05) is 95.2 Å². The molecule has 1 heterocycles. The molecule has 43 heavy (non-hydrogen) atoms. The van der Waals surface area contributed by atoms with E-state index in [1.165, 1.54) is 80.7 Å². The highest BCUT2D eigenvalue weighted by atomic mass is 32.2. The number of para-hydroxylation sites is 1. The number of H-pyrrole nitrogens is 1. The van der Waals surface area contributed by atoms with Crippen molar-refractivity contribution >= 4 is 21.9 Å². The number of aliphatic carboxylic acids is 1. The molecule has 0 aliphatic carbocycles. The van der Waals surface area contributed by atoms with Gasteiger partial charge in [-0.3, -0.25) is 19.2 Å². The van der Waals surface area contributed by atoms with E-state index >= 15 is 0 Å². The number of benzene rings is 2. The molecule has 0 saturated heterocycles. The van der Waals surface area contributed by atoms with Gasteiger partial charge in [0.25, 0.3) is 15.7 Å². The summed E-state index contributed by atoms with van der Waals surface area (Å²) < 4.78 is 40.8. The first-order valence-electron chi connectivity index (χ1n) is 15.4. The molecule has 0 aliphatic rings. The number of unbranched alkanes of at least 4 members (excludes halogenated alkanes) is 13. The summed E-state index contributed by atoms with van der Waals surface area (Å²) >= 11 is 0. The van der Waals surface area contributed by atoms with E-state index < -0.39 is 21.0 Å². The van der Waals surface area contributed by atoms with Crippen LogP contribution in [0.1, 0.15) is 96.3 Å². The SMILES string of the molecule is O=C(O)CCCCCCCCCCCCCCCCNc1cc(=O)n(-c2ccc(Oc3ccccc3)c(S(=O)(=O)O)c2)[nH]1. The molecular formula is C32H45N3O7S. The van der Waals surface area contributed by atoms with Crippen molar-refractivity contribution < 1.29 is 27.6 Å². The quantitative estimate of drug-likeness (QED) is 0.0668. The molecule has 0 radical (unpaired) electrons. The van der Waals surface area contributed by atoms with Crippen LogP contribution in [0.4, 0.5) is 5.82 Å². The molecule has 0 fully saturated rings. The number of carboxylic acids is 1. The van der Waals surface area contributed by atoms with Gasteiger partial charge in [0.1, 0.15) is 22.2 Å². The van der Waals surface area contributed by atoms with Gasteiger partial charge in [-0.25, -0.2) is 4.68 Å². The minimum Gasteiger partial charge on any atom is -0.481 e. The summed E-state index contributed by atoms with van der Waals surface area (Å²) in [4.78, 5) is 22.7. The molecule has 236 valence electrons. The molecule has 11 heteroatoms. The predicted molar refractivity (Wildman–Crippen MR) is 168 cm³/mol. The molecule has 0 saturated carbocycles. The lowest BCUT2D eigenvalue weighted by molar-refractivity contribution is -0.137. The highest BCUT2D eigenvalue weighted by Crippen LogP contribution is 2.30. The fourth-order valence-corrected chi connectivity index (χ4v) is 5.59. The van der Waals surface area contributed by atoms with E-state index in [9.17, 15) is 22.6 Å². The molecule has 2 aromatic carbocycles. The van der Waals surface area contributed by atoms with Crippen molar-refractivity contribution in [3.63, 3.8) is 0 Å². The first-order valence-corrected chi connectivity index (χ1v) is 16.8. The smallest absolute Gasteiger partial charge is 0.303 e. The van der Waals surface area contributed by atoms with E-state index in [0.717, 1.165) is 32.1 Å². The van der Waals surface area contributed by atoms with Crippen LogP contribution >= 0.6 is 0 Å². The van der Waals surface area contributed by atoms with Crippen LogP contribution < -0.4 is 15.6 Å². The lowest BCUT2D eigenvalue weighted by Crippen LogP contribution is -2.14. The summed E-state index contributed by atoms with van der Waals surface area (Å²) in [7, 11) is -4.61. The number of hydrogen-bond donors (Lipinski definition) is 4. The van der Waals surface area contributed by atoms with Gasteiger partial charge >= 0.3 is 5.97 Å². The largest absolute Gasteiger partial charge is 0.481 e. The van der Waals surface area contributed by atoms with Crippen molar-refractivity contribution in [2.24, 2.45) is 0 Å². The Morgan fingerprint density at radius 2 is 1.35 bits per heavy atom. The molecule has 3 aromatic rings. The Morgan fingerprint density at radius 1 is 0.791 bits per heavy atom. The Balaban J connectivity index is 1.31. The van der Waals surface area contributed by atoms with Crippen molar-refractivity contribution in [1.82, 2.24) is 9.78 Å². The van der Waals surface area contributed by atoms with Crippen LogP contribution in [0, 0.1) is 0 Å². The second kappa shape index (κ2) is 18.2. The molecule has 0 unspecified atom stereocenters. The summed E-state index contributed by atoms with van der Waals surface area (Å²) in [6.07, 6.45) is 16.5. The third-order valence-electron chi connectivity index (χ3n) is 7.29. The molecule has 4 N–H and O–H groups in total. The van der Waals surface area contributed by atoms with E-state index in [2.05, 4.69) is 10.4 Å². The van der Waals surface area contributed by atoms with Crippen molar-refractivity contribution in [2.75, 3.05) is 11.9 Å². The van der Waals surface area contributed by atoms with Crippen LogP contribution in [0.15, 0.2) is 64.3 Å². The van der Waals surface area contributed by atoms with Crippen LogP contribution in [-0.4, -0.2) is 40.4 Å². The Kier molecular flexibility index (Phi) is 14.3.